The second-order valence-electron chi connectivity index (χ2n) is 5.19. The molecule has 1 aromatic heterocycles. The van der Waals surface area contributed by atoms with Crippen LogP contribution in [0.1, 0.15) is 5.56 Å². The van der Waals surface area contributed by atoms with E-state index >= 15 is 0 Å². The van der Waals surface area contributed by atoms with Crippen molar-refractivity contribution in [3.63, 3.8) is 0 Å². The lowest BCUT2D eigenvalue weighted by Gasteiger charge is -2.09. The highest BCUT2D eigenvalue weighted by atomic mass is 35.5. The van der Waals surface area contributed by atoms with Crippen molar-refractivity contribution in [1.82, 2.24) is 9.78 Å². The number of halogens is 3. The van der Waals surface area contributed by atoms with Gasteiger partial charge in [-0.25, -0.2) is 0 Å². The second-order valence-corrected chi connectivity index (χ2v) is 6.85. The van der Waals surface area contributed by atoms with Crippen molar-refractivity contribution in [2.75, 3.05) is 10.6 Å². The third-order valence-corrected chi connectivity index (χ3v) is 4.49. The Kier molecular flexibility index (Phi) is 5.81. The summed E-state index contributed by atoms with van der Waals surface area (Å²) in [6.45, 7) is 0.467. The molecule has 128 valence electrons. The highest BCUT2D eigenvalue weighted by Gasteiger charge is 2.08. The lowest BCUT2D eigenvalue weighted by atomic mass is 10.2. The first-order valence-corrected chi connectivity index (χ1v) is 8.85. The average molecular weight is 412 g/mol. The van der Waals surface area contributed by atoms with Crippen molar-refractivity contribution < 1.29 is 0 Å². The predicted molar refractivity (Wildman–Crippen MR) is 109 cm³/mol. The molecule has 25 heavy (non-hydrogen) atoms. The standard InChI is InChI=1S/C17H13Cl3N4S/c18-11-3-1-4-12(9-11)21-17(25)22-16-7-8-24(23-16)10-13-14(19)5-2-6-15(13)20/h1-9H,10H2,(H2,21,22,23,25). The van der Waals surface area contributed by atoms with E-state index in [1.165, 1.54) is 0 Å². The van der Waals surface area contributed by atoms with Crippen LogP contribution in [0.2, 0.25) is 15.1 Å². The first-order valence-electron chi connectivity index (χ1n) is 7.31. The highest BCUT2D eigenvalue weighted by molar-refractivity contribution is 7.80. The van der Waals surface area contributed by atoms with Gasteiger partial charge in [0.2, 0.25) is 0 Å². The van der Waals surface area contributed by atoms with Gasteiger partial charge in [0.05, 0.1) is 6.54 Å². The summed E-state index contributed by atoms with van der Waals surface area (Å²) in [6, 6.07) is 14.5. The Labute approximate surface area is 165 Å². The zero-order chi connectivity index (χ0) is 17.8. The summed E-state index contributed by atoms with van der Waals surface area (Å²) in [6.07, 6.45) is 1.82. The minimum atomic E-state index is 0.420. The maximum Gasteiger partial charge on any atom is 0.176 e. The number of nitrogens with zero attached hydrogens (tertiary/aromatic N) is 2. The fraction of sp³-hybridized carbons (Fsp3) is 0.0588. The largest absolute Gasteiger partial charge is 0.332 e. The van der Waals surface area contributed by atoms with Crippen LogP contribution in [-0.4, -0.2) is 14.9 Å². The summed E-state index contributed by atoms with van der Waals surface area (Å²) in [7, 11) is 0. The van der Waals surface area contributed by atoms with Gasteiger partial charge in [0.25, 0.3) is 0 Å². The fourth-order valence-corrected chi connectivity index (χ4v) is 3.14. The van der Waals surface area contributed by atoms with Crippen LogP contribution in [0.25, 0.3) is 0 Å². The molecule has 0 bridgehead atoms. The first-order chi connectivity index (χ1) is 12.0. The molecular weight excluding hydrogens is 399 g/mol. The van der Waals surface area contributed by atoms with Gasteiger partial charge in [-0.2, -0.15) is 5.10 Å². The van der Waals surface area contributed by atoms with Crippen LogP contribution in [0.4, 0.5) is 11.5 Å². The van der Waals surface area contributed by atoms with E-state index in [0.29, 0.717) is 32.5 Å². The van der Waals surface area contributed by atoms with E-state index in [9.17, 15) is 0 Å². The summed E-state index contributed by atoms with van der Waals surface area (Å²) in [5, 5.41) is 12.8. The van der Waals surface area contributed by atoms with Gasteiger partial charge in [-0.05, 0) is 42.5 Å². The molecule has 0 aliphatic heterocycles. The smallest absolute Gasteiger partial charge is 0.176 e. The van der Waals surface area contributed by atoms with Gasteiger partial charge < -0.3 is 10.6 Å². The van der Waals surface area contributed by atoms with Crippen molar-refractivity contribution in [2.24, 2.45) is 0 Å². The third-order valence-electron chi connectivity index (χ3n) is 3.35. The molecule has 1 heterocycles. The Morgan fingerprint density at radius 1 is 1.00 bits per heavy atom. The molecule has 0 amide bonds. The molecule has 0 saturated heterocycles. The van der Waals surface area contributed by atoms with Crippen LogP contribution in [0.15, 0.2) is 54.7 Å². The van der Waals surface area contributed by atoms with Gasteiger partial charge >= 0.3 is 0 Å². The highest BCUT2D eigenvalue weighted by Crippen LogP contribution is 2.25. The predicted octanol–water partition coefficient (Wildman–Crippen LogP) is 5.70. The maximum absolute atomic E-state index is 6.19. The molecule has 4 nitrogen and oxygen atoms in total. The van der Waals surface area contributed by atoms with Gasteiger partial charge in [0.1, 0.15) is 0 Å². The van der Waals surface area contributed by atoms with E-state index < -0.39 is 0 Å². The van der Waals surface area contributed by atoms with Crippen LogP contribution in [-0.2, 0) is 6.54 Å². The van der Waals surface area contributed by atoms with Crippen molar-refractivity contribution in [2.45, 2.75) is 6.54 Å². The Bertz CT molecular complexity index is 890. The van der Waals surface area contributed by atoms with Crippen LogP contribution in [0.3, 0.4) is 0 Å². The molecule has 0 saturated carbocycles. The molecule has 0 atom stereocenters. The number of hydrogen-bond donors (Lipinski definition) is 2. The normalized spacial score (nSPS) is 10.5. The molecule has 8 heteroatoms. The van der Waals surface area contributed by atoms with Crippen LogP contribution in [0.5, 0.6) is 0 Å². The van der Waals surface area contributed by atoms with Gasteiger partial charge in [0.15, 0.2) is 10.9 Å². The third kappa shape index (κ3) is 4.86. The number of anilines is 2. The fourth-order valence-electron chi connectivity index (χ4n) is 2.21. The molecular formula is C17H13Cl3N4S. The van der Waals surface area contributed by atoms with Crippen LogP contribution >= 0.6 is 47.0 Å². The number of benzene rings is 2. The van der Waals surface area contributed by atoms with Crippen LogP contribution < -0.4 is 10.6 Å². The van der Waals surface area contributed by atoms with E-state index in [4.69, 9.17) is 47.0 Å². The Morgan fingerprint density at radius 3 is 2.44 bits per heavy atom. The van der Waals surface area contributed by atoms with Gasteiger partial charge in [-0.3, -0.25) is 4.68 Å². The molecule has 0 aliphatic rings. The van der Waals surface area contributed by atoms with Crippen molar-refractivity contribution in [3.05, 3.63) is 75.4 Å². The van der Waals surface area contributed by atoms with Gasteiger partial charge in [-0.15, -0.1) is 0 Å². The van der Waals surface area contributed by atoms with E-state index in [2.05, 4.69) is 15.7 Å². The zero-order valence-corrected chi connectivity index (χ0v) is 15.9. The number of aromatic nitrogens is 2. The average Bonchev–Trinajstić information content (AvgIpc) is 2.98. The molecule has 0 aliphatic carbocycles. The summed E-state index contributed by atoms with van der Waals surface area (Å²) in [5.74, 6) is 0.614. The molecule has 0 spiro atoms. The van der Waals surface area contributed by atoms with Crippen molar-refractivity contribution >= 4 is 63.6 Å². The first kappa shape index (κ1) is 18.0. The quantitative estimate of drug-likeness (QED) is 0.540. The Hall–Kier alpha value is -1.79. The van der Waals surface area contributed by atoms with E-state index in [1.807, 2.05) is 30.5 Å². The topological polar surface area (TPSA) is 41.9 Å². The number of hydrogen-bond acceptors (Lipinski definition) is 2. The van der Waals surface area contributed by atoms with E-state index in [1.54, 1.807) is 28.9 Å². The molecule has 0 radical (unpaired) electrons. The lowest BCUT2D eigenvalue weighted by Crippen LogP contribution is -2.19. The summed E-state index contributed by atoms with van der Waals surface area (Å²) in [4.78, 5) is 0. The monoisotopic (exact) mass is 410 g/mol. The summed E-state index contributed by atoms with van der Waals surface area (Å²) in [5.41, 5.74) is 1.62. The molecule has 0 fully saturated rings. The van der Waals surface area contributed by atoms with Crippen LogP contribution in [0, 0.1) is 0 Å². The Balaban J connectivity index is 1.64. The number of rotatable bonds is 4. The molecule has 2 aromatic carbocycles. The minimum Gasteiger partial charge on any atom is -0.332 e. The molecule has 0 unspecified atom stereocenters. The summed E-state index contributed by atoms with van der Waals surface area (Å²) >= 11 is 23.6. The number of nitrogens with one attached hydrogen (secondary N) is 2. The minimum absolute atomic E-state index is 0.420. The molecule has 2 N–H and O–H groups in total. The van der Waals surface area contributed by atoms with Crippen molar-refractivity contribution in [1.29, 1.82) is 0 Å². The Morgan fingerprint density at radius 2 is 1.72 bits per heavy atom. The number of thiocarbonyl (C=S) groups is 1. The molecule has 3 aromatic rings. The van der Waals surface area contributed by atoms with Gasteiger partial charge in [-0.1, -0.05) is 46.9 Å². The summed E-state index contributed by atoms with van der Waals surface area (Å²) < 4.78 is 1.73. The van der Waals surface area contributed by atoms with E-state index in [0.717, 1.165) is 11.3 Å². The molecule has 3 rings (SSSR count). The zero-order valence-electron chi connectivity index (χ0n) is 12.8. The SMILES string of the molecule is S=C(Nc1cccc(Cl)c1)Nc1ccn(Cc2c(Cl)cccc2Cl)n1. The van der Waals surface area contributed by atoms with Crippen molar-refractivity contribution in [3.8, 4) is 0 Å². The maximum atomic E-state index is 6.19. The van der Waals surface area contributed by atoms with Gasteiger partial charge in [0, 0.05) is 38.6 Å². The van der Waals surface area contributed by atoms with E-state index in [-0.39, 0.29) is 0 Å². The lowest BCUT2D eigenvalue weighted by molar-refractivity contribution is 0.690. The second kappa shape index (κ2) is 8.06.